The quantitative estimate of drug-likeness (QED) is 0.173. The van der Waals surface area contributed by atoms with Crippen molar-refractivity contribution in [3.63, 3.8) is 0 Å². The van der Waals surface area contributed by atoms with Gasteiger partial charge in [0.1, 0.15) is 16.0 Å². The van der Waals surface area contributed by atoms with Crippen LogP contribution in [0.4, 0.5) is 8.78 Å². The number of hydrogen-bond donors (Lipinski definition) is 2. The zero-order valence-corrected chi connectivity index (χ0v) is 26.2. The molecule has 9 nitrogen and oxygen atoms in total. The van der Waals surface area contributed by atoms with Crippen LogP contribution in [0.15, 0.2) is 89.5 Å². The van der Waals surface area contributed by atoms with Gasteiger partial charge in [-0.1, -0.05) is 24.3 Å². The molecular formula is C33H28BrF2N5O4. The molecule has 0 aliphatic carbocycles. The number of carbonyl (C=O) groups is 2. The Morgan fingerprint density at radius 3 is 1.51 bits per heavy atom. The van der Waals surface area contributed by atoms with Crippen LogP contribution < -0.4 is 0 Å². The summed E-state index contributed by atoms with van der Waals surface area (Å²) < 4.78 is 27.7. The molecule has 45 heavy (non-hydrogen) atoms. The molecule has 0 spiro atoms. The van der Waals surface area contributed by atoms with E-state index in [0.29, 0.717) is 22.8 Å². The van der Waals surface area contributed by atoms with Crippen molar-refractivity contribution < 1.29 is 28.6 Å². The van der Waals surface area contributed by atoms with Crippen molar-refractivity contribution in [3.8, 4) is 11.3 Å². The van der Waals surface area contributed by atoms with Gasteiger partial charge < -0.3 is 10.2 Å². The number of hydrogen-bond acceptors (Lipinski definition) is 7. The molecule has 5 aromatic heterocycles. The molecule has 0 amide bonds. The van der Waals surface area contributed by atoms with Crippen molar-refractivity contribution >= 4 is 27.9 Å². The summed E-state index contributed by atoms with van der Waals surface area (Å²) in [6, 6.07) is 22.8. The average molecular weight is 677 g/mol. The molecule has 0 bridgehead atoms. The molecule has 0 aliphatic heterocycles. The van der Waals surface area contributed by atoms with E-state index in [1.165, 1.54) is 18.2 Å². The predicted molar refractivity (Wildman–Crippen MR) is 166 cm³/mol. The Bertz CT molecular complexity index is 1880. The Kier molecular flexibility index (Phi) is 9.77. The molecule has 0 unspecified atom stereocenters. The fourth-order valence-corrected chi connectivity index (χ4v) is 4.70. The second-order valence-electron chi connectivity index (χ2n) is 10.9. The highest BCUT2D eigenvalue weighted by Gasteiger charge is 2.29. The zero-order valence-electron chi connectivity index (χ0n) is 24.7. The van der Waals surface area contributed by atoms with Crippen LogP contribution in [0.1, 0.15) is 71.4 Å². The Morgan fingerprint density at radius 1 is 0.600 bits per heavy atom. The van der Waals surface area contributed by atoms with Gasteiger partial charge in [-0.15, -0.1) is 0 Å². The van der Waals surface area contributed by atoms with Crippen LogP contribution in [0.3, 0.4) is 0 Å². The SMILES string of the molecule is CC(C)(c1cccc(Br)n1)c1cccc(C(=O)O)n1.CC(C)(c1cccc(C(=O)O)n1)c1cccc(-c2ccc(F)nc2F)n1. The molecule has 5 rings (SSSR count). The molecule has 2 N–H and O–H groups in total. The normalized spacial score (nSPS) is 11.4. The Hall–Kier alpha value is -4.97. The van der Waals surface area contributed by atoms with Gasteiger partial charge in [0.2, 0.25) is 11.9 Å². The summed E-state index contributed by atoms with van der Waals surface area (Å²) in [6.45, 7) is 7.62. The minimum absolute atomic E-state index is 0.0422. The van der Waals surface area contributed by atoms with Crippen molar-refractivity contribution in [1.29, 1.82) is 0 Å². The average Bonchev–Trinajstić information content (AvgIpc) is 3.01. The monoisotopic (exact) mass is 675 g/mol. The molecule has 5 aromatic rings. The van der Waals surface area contributed by atoms with Gasteiger partial charge in [-0.05, 0) is 104 Å². The molecule has 0 aromatic carbocycles. The van der Waals surface area contributed by atoms with Gasteiger partial charge in [-0.25, -0.2) is 24.5 Å². The first-order chi connectivity index (χ1) is 21.2. The van der Waals surface area contributed by atoms with Crippen molar-refractivity contribution in [1.82, 2.24) is 24.9 Å². The fourth-order valence-electron chi connectivity index (χ4n) is 4.36. The van der Waals surface area contributed by atoms with Crippen LogP contribution in [-0.2, 0) is 10.8 Å². The standard InChI is InChI=1S/C19H15F2N3O2.C14H13BrN2O2/c1-19(2,15-8-4-6-13(23-15)18(25)26)14-7-3-5-12(22-14)11-9-10-16(20)24-17(11)21;1-14(2,11-7-4-8-12(15)17-11)10-6-3-5-9(16-10)13(18)19/h3-10H,1-2H3,(H,25,26);3-8H,1-2H3,(H,18,19). The van der Waals surface area contributed by atoms with E-state index in [-0.39, 0.29) is 17.0 Å². The molecule has 5 heterocycles. The van der Waals surface area contributed by atoms with Crippen molar-refractivity contribution in [2.75, 3.05) is 0 Å². The number of aromatic nitrogens is 5. The van der Waals surface area contributed by atoms with Gasteiger partial charge in [0.25, 0.3) is 0 Å². The van der Waals surface area contributed by atoms with Crippen molar-refractivity contribution in [2.45, 2.75) is 38.5 Å². The summed E-state index contributed by atoms with van der Waals surface area (Å²) in [4.78, 5) is 42.6. The summed E-state index contributed by atoms with van der Waals surface area (Å²) >= 11 is 3.34. The van der Waals surface area contributed by atoms with Crippen molar-refractivity contribution in [3.05, 3.63) is 136 Å². The number of carboxylic acids is 2. The summed E-state index contributed by atoms with van der Waals surface area (Å²) in [5.74, 6) is -4.00. The first-order valence-corrected chi connectivity index (χ1v) is 14.3. The lowest BCUT2D eigenvalue weighted by Crippen LogP contribution is -2.23. The van der Waals surface area contributed by atoms with Gasteiger partial charge in [0, 0.05) is 10.8 Å². The van der Waals surface area contributed by atoms with Crippen LogP contribution in [0.2, 0.25) is 0 Å². The van der Waals surface area contributed by atoms with Gasteiger partial charge in [0.15, 0.2) is 0 Å². The molecule has 230 valence electrons. The maximum absolute atomic E-state index is 14.0. The van der Waals surface area contributed by atoms with Crippen LogP contribution in [0, 0.1) is 11.9 Å². The number of aromatic carboxylic acids is 2. The summed E-state index contributed by atoms with van der Waals surface area (Å²) in [5.41, 5.74) is 1.75. The summed E-state index contributed by atoms with van der Waals surface area (Å²) in [5, 5.41) is 18.1. The minimum atomic E-state index is -1.12. The van der Waals surface area contributed by atoms with Crippen molar-refractivity contribution in [2.24, 2.45) is 0 Å². The Labute approximate surface area is 266 Å². The van der Waals surface area contributed by atoms with E-state index >= 15 is 0 Å². The third-order valence-electron chi connectivity index (χ3n) is 7.05. The predicted octanol–water partition coefficient (Wildman–Crippen LogP) is 7.10. The minimum Gasteiger partial charge on any atom is -0.477 e. The molecule has 0 fully saturated rings. The summed E-state index contributed by atoms with van der Waals surface area (Å²) in [6.07, 6.45) is 0. The number of halogens is 3. The molecule has 0 saturated carbocycles. The molecule has 12 heteroatoms. The third-order valence-corrected chi connectivity index (χ3v) is 7.49. The number of nitrogens with zero attached hydrogens (tertiary/aromatic N) is 5. The lowest BCUT2D eigenvalue weighted by atomic mass is 9.84. The van der Waals surface area contributed by atoms with E-state index in [4.69, 9.17) is 10.2 Å². The first kappa shape index (κ1) is 32.9. The Morgan fingerprint density at radius 2 is 1.04 bits per heavy atom. The van der Waals surface area contributed by atoms with Gasteiger partial charge >= 0.3 is 11.9 Å². The largest absolute Gasteiger partial charge is 0.477 e. The van der Waals surface area contributed by atoms with E-state index in [1.807, 2.05) is 52.0 Å². The van der Waals surface area contributed by atoms with E-state index in [0.717, 1.165) is 16.4 Å². The smallest absolute Gasteiger partial charge is 0.354 e. The van der Waals surface area contributed by atoms with E-state index in [2.05, 4.69) is 40.8 Å². The fraction of sp³-hybridized carbons (Fsp3) is 0.182. The van der Waals surface area contributed by atoms with Crippen LogP contribution >= 0.6 is 15.9 Å². The third kappa shape index (κ3) is 7.58. The molecule has 0 saturated heterocycles. The van der Waals surface area contributed by atoms with Crippen LogP contribution in [-0.4, -0.2) is 47.1 Å². The maximum Gasteiger partial charge on any atom is 0.354 e. The highest BCUT2D eigenvalue weighted by Crippen LogP contribution is 2.31. The number of pyridine rings is 5. The number of carboxylic acid groups (broad SMARTS) is 2. The highest BCUT2D eigenvalue weighted by molar-refractivity contribution is 9.10. The zero-order chi connectivity index (χ0) is 32.9. The molecule has 0 aliphatic rings. The van der Waals surface area contributed by atoms with Crippen LogP contribution in [0.25, 0.3) is 11.3 Å². The van der Waals surface area contributed by atoms with Gasteiger partial charge in [0.05, 0.1) is 34.0 Å². The lowest BCUT2D eigenvalue weighted by Gasteiger charge is -2.24. The molecular weight excluding hydrogens is 648 g/mol. The van der Waals surface area contributed by atoms with Gasteiger partial charge in [-0.3, -0.25) is 4.98 Å². The molecule has 0 atom stereocenters. The van der Waals surface area contributed by atoms with E-state index < -0.39 is 34.7 Å². The summed E-state index contributed by atoms with van der Waals surface area (Å²) in [7, 11) is 0. The van der Waals surface area contributed by atoms with Crippen LogP contribution in [0.5, 0.6) is 0 Å². The second-order valence-corrected chi connectivity index (χ2v) is 11.7. The highest BCUT2D eigenvalue weighted by atomic mass is 79.9. The van der Waals surface area contributed by atoms with Gasteiger partial charge in [-0.2, -0.15) is 13.8 Å². The molecule has 0 radical (unpaired) electrons. The Balaban J connectivity index is 0.000000215. The first-order valence-electron chi connectivity index (χ1n) is 13.5. The number of rotatable bonds is 7. The van der Waals surface area contributed by atoms with E-state index in [9.17, 15) is 18.4 Å². The lowest BCUT2D eigenvalue weighted by molar-refractivity contribution is 0.0679. The second kappa shape index (κ2) is 13.3. The topological polar surface area (TPSA) is 139 Å². The maximum atomic E-state index is 14.0. The van der Waals surface area contributed by atoms with E-state index in [1.54, 1.807) is 36.4 Å².